The fourth-order valence-electron chi connectivity index (χ4n) is 3.57. The van der Waals surface area contributed by atoms with Gasteiger partial charge in [-0.3, -0.25) is 4.79 Å². The van der Waals surface area contributed by atoms with Crippen LogP contribution in [0.1, 0.15) is 13.8 Å². The molecule has 1 heterocycles. The van der Waals surface area contributed by atoms with Crippen LogP contribution in [-0.4, -0.2) is 73.6 Å². The van der Waals surface area contributed by atoms with Gasteiger partial charge in [0.05, 0.1) is 15.7 Å². The van der Waals surface area contributed by atoms with Crippen molar-refractivity contribution in [3.8, 4) is 0 Å². The van der Waals surface area contributed by atoms with Crippen LogP contribution >= 0.6 is 23.2 Å². The molecule has 188 valence electrons. The van der Waals surface area contributed by atoms with Gasteiger partial charge in [0, 0.05) is 50.6 Å². The average molecular weight is 521 g/mol. The minimum Gasteiger partial charge on any atom is -0.368 e. The highest BCUT2D eigenvalue weighted by atomic mass is 35.5. The molecular weight excluding hydrogens is 491 g/mol. The van der Waals surface area contributed by atoms with E-state index in [1.54, 1.807) is 30.1 Å². The molecule has 2 aromatic carbocycles. The van der Waals surface area contributed by atoms with Crippen LogP contribution in [0, 0.1) is 0 Å². The number of piperazine rings is 1. The van der Waals surface area contributed by atoms with Gasteiger partial charge in [-0.05, 0) is 50.2 Å². The van der Waals surface area contributed by atoms with E-state index >= 15 is 0 Å². The lowest BCUT2D eigenvalue weighted by molar-refractivity contribution is -0.116. The van der Waals surface area contributed by atoms with E-state index in [1.165, 1.54) is 4.90 Å². The first-order valence-corrected chi connectivity index (χ1v) is 12.1. The zero-order chi connectivity index (χ0) is 25.5. The Balaban J connectivity index is 1.48. The van der Waals surface area contributed by atoms with E-state index in [-0.39, 0.29) is 30.6 Å². The first-order chi connectivity index (χ1) is 16.6. The second kappa shape index (κ2) is 12.0. The molecular formula is C24H30Cl2N6O3. The van der Waals surface area contributed by atoms with Crippen LogP contribution in [0.4, 0.5) is 26.7 Å². The molecule has 35 heavy (non-hydrogen) atoms. The van der Waals surface area contributed by atoms with Crippen LogP contribution in [0.3, 0.4) is 0 Å². The Kier molecular flexibility index (Phi) is 9.06. The molecule has 3 rings (SSSR count). The van der Waals surface area contributed by atoms with Crippen molar-refractivity contribution in [1.82, 2.24) is 15.1 Å². The first kappa shape index (κ1) is 26.4. The summed E-state index contributed by atoms with van der Waals surface area (Å²) in [5.41, 5.74) is 2.05. The minimum absolute atomic E-state index is 0.00216. The van der Waals surface area contributed by atoms with Gasteiger partial charge in [-0.25, -0.2) is 9.59 Å². The number of nitrogens with one attached hydrogen (secondary N) is 3. The fraction of sp³-hybridized carbons (Fsp3) is 0.375. The third kappa shape index (κ3) is 7.40. The highest BCUT2D eigenvalue weighted by Crippen LogP contribution is 2.30. The maximum atomic E-state index is 12.6. The number of carbonyl (C=O) groups excluding carboxylic acids is 3. The lowest BCUT2D eigenvalue weighted by atomic mass is 10.2. The van der Waals surface area contributed by atoms with Crippen molar-refractivity contribution in [2.24, 2.45) is 0 Å². The van der Waals surface area contributed by atoms with Crippen molar-refractivity contribution in [2.75, 3.05) is 55.3 Å². The number of halogens is 2. The summed E-state index contributed by atoms with van der Waals surface area (Å²) in [5.74, 6) is -0.280. The molecule has 5 amide bonds. The Morgan fingerprint density at radius 3 is 2.11 bits per heavy atom. The molecule has 0 saturated carbocycles. The molecule has 0 spiro atoms. The summed E-state index contributed by atoms with van der Waals surface area (Å²) in [6.07, 6.45) is 0. The largest absolute Gasteiger partial charge is 0.368 e. The molecule has 0 bridgehead atoms. The maximum absolute atomic E-state index is 12.6. The second-order valence-corrected chi connectivity index (χ2v) is 9.37. The number of carbonyl (C=O) groups is 3. The van der Waals surface area contributed by atoms with Gasteiger partial charge in [0.15, 0.2) is 0 Å². The van der Waals surface area contributed by atoms with E-state index in [0.29, 0.717) is 47.6 Å². The number of amides is 5. The lowest BCUT2D eigenvalue weighted by Gasteiger charge is -2.36. The Labute approximate surface area is 215 Å². The Hall–Kier alpha value is -3.17. The van der Waals surface area contributed by atoms with E-state index in [1.807, 2.05) is 38.1 Å². The Bertz CT molecular complexity index is 1040. The normalized spacial score (nSPS) is 13.4. The van der Waals surface area contributed by atoms with Gasteiger partial charge in [-0.2, -0.15) is 0 Å². The SMILES string of the molecule is CC(C)NC(=O)N(C)CC(=O)Nc1ccc(N2CCN(C(=O)Nc3c(Cl)cccc3Cl)CC2)cc1. The number of anilines is 3. The van der Waals surface area contributed by atoms with Gasteiger partial charge in [0.2, 0.25) is 5.91 Å². The van der Waals surface area contributed by atoms with Crippen LogP contribution in [0.15, 0.2) is 42.5 Å². The monoisotopic (exact) mass is 520 g/mol. The summed E-state index contributed by atoms with van der Waals surface area (Å²) in [6, 6.07) is 12.0. The van der Waals surface area contributed by atoms with Gasteiger partial charge >= 0.3 is 12.1 Å². The predicted molar refractivity (Wildman–Crippen MR) is 141 cm³/mol. The molecule has 0 aromatic heterocycles. The fourth-order valence-corrected chi connectivity index (χ4v) is 4.06. The summed E-state index contributed by atoms with van der Waals surface area (Å²) in [7, 11) is 1.57. The number of urea groups is 2. The molecule has 9 nitrogen and oxygen atoms in total. The summed E-state index contributed by atoms with van der Waals surface area (Å²) in [4.78, 5) is 42.1. The van der Waals surface area contributed by atoms with Crippen LogP contribution in [0.5, 0.6) is 0 Å². The number of para-hydroxylation sites is 1. The number of likely N-dealkylation sites (N-methyl/N-ethyl adjacent to an activating group) is 1. The molecule has 0 unspecified atom stereocenters. The van der Waals surface area contributed by atoms with E-state index < -0.39 is 0 Å². The van der Waals surface area contributed by atoms with Gasteiger partial charge in [-0.1, -0.05) is 29.3 Å². The first-order valence-electron chi connectivity index (χ1n) is 11.3. The minimum atomic E-state index is -0.298. The predicted octanol–water partition coefficient (Wildman–Crippen LogP) is 4.34. The number of hydrogen-bond donors (Lipinski definition) is 3. The average Bonchev–Trinajstić information content (AvgIpc) is 2.81. The zero-order valence-electron chi connectivity index (χ0n) is 20.0. The summed E-state index contributed by atoms with van der Waals surface area (Å²) >= 11 is 12.3. The van der Waals surface area contributed by atoms with E-state index in [2.05, 4.69) is 20.9 Å². The third-order valence-corrected chi connectivity index (χ3v) is 6.05. The van der Waals surface area contributed by atoms with Crippen LogP contribution in [0.25, 0.3) is 0 Å². The summed E-state index contributed by atoms with van der Waals surface area (Å²) in [5, 5.41) is 9.12. The standard InChI is InChI=1S/C24H30Cl2N6O3/c1-16(2)27-23(34)30(3)15-21(33)28-17-7-9-18(10-8-17)31-11-13-32(14-12-31)24(35)29-22-19(25)5-4-6-20(22)26/h4-10,16H,11-15H2,1-3H3,(H,27,34)(H,28,33)(H,29,35). The van der Waals surface area contributed by atoms with Gasteiger partial charge < -0.3 is 30.7 Å². The second-order valence-electron chi connectivity index (χ2n) is 8.56. The van der Waals surface area contributed by atoms with Crippen molar-refractivity contribution in [3.05, 3.63) is 52.5 Å². The summed E-state index contributed by atoms with van der Waals surface area (Å²) < 4.78 is 0. The molecule has 1 aliphatic heterocycles. The number of nitrogens with zero attached hydrogens (tertiary/aromatic N) is 3. The molecule has 2 aromatic rings. The van der Waals surface area contributed by atoms with Crippen LogP contribution in [0.2, 0.25) is 10.0 Å². The number of benzene rings is 2. The van der Waals surface area contributed by atoms with Gasteiger partial charge in [0.25, 0.3) is 0 Å². The molecule has 1 saturated heterocycles. The van der Waals surface area contributed by atoms with Gasteiger partial charge in [0.1, 0.15) is 6.54 Å². The molecule has 3 N–H and O–H groups in total. The summed E-state index contributed by atoms with van der Waals surface area (Å²) in [6.45, 7) is 6.06. The number of hydrogen-bond acceptors (Lipinski definition) is 4. The molecule has 0 radical (unpaired) electrons. The zero-order valence-corrected chi connectivity index (χ0v) is 21.5. The highest BCUT2D eigenvalue weighted by Gasteiger charge is 2.22. The molecule has 1 aliphatic rings. The Morgan fingerprint density at radius 2 is 1.54 bits per heavy atom. The quantitative estimate of drug-likeness (QED) is 0.527. The van der Waals surface area contributed by atoms with Crippen molar-refractivity contribution in [2.45, 2.75) is 19.9 Å². The van der Waals surface area contributed by atoms with E-state index in [4.69, 9.17) is 23.2 Å². The molecule has 0 aliphatic carbocycles. The van der Waals surface area contributed by atoms with Crippen LogP contribution in [-0.2, 0) is 4.79 Å². The Morgan fingerprint density at radius 1 is 0.943 bits per heavy atom. The number of rotatable bonds is 6. The molecule has 1 fully saturated rings. The topological polar surface area (TPSA) is 97.0 Å². The third-order valence-electron chi connectivity index (χ3n) is 5.42. The highest BCUT2D eigenvalue weighted by molar-refractivity contribution is 6.39. The van der Waals surface area contributed by atoms with Crippen molar-refractivity contribution < 1.29 is 14.4 Å². The van der Waals surface area contributed by atoms with E-state index in [0.717, 1.165) is 5.69 Å². The molecule has 0 atom stereocenters. The maximum Gasteiger partial charge on any atom is 0.322 e. The smallest absolute Gasteiger partial charge is 0.322 e. The van der Waals surface area contributed by atoms with Crippen molar-refractivity contribution >= 4 is 58.2 Å². The van der Waals surface area contributed by atoms with Crippen LogP contribution < -0.4 is 20.9 Å². The van der Waals surface area contributed by atoms with Gasteiger partial charge in [-0.15, -0.1) is 0 Å². The van der Waals surface area contributed by atoms with Crippen molar-refractivity contribution in [1.29, 1.82) is 0 Å². The van der Waals surface area contributed by atoms with E-state index in [9.17, 15) is 14.4 Å². The molecule has 11 heteroatoms. The van der Waals surface area contributed by atoms with Crippen molar-refractivity contribution in [3.63, 3.8) is 0 Å². The lowest BCUT2D eigenvalue weighted by Crippen LogP contribution is -2.50.